The van der Waals surface area contributed by atoms with Gasteiger partial charge in [0.1, 0.15) is 0 Å². The number of rotatable bonds is 3. The number of nitrogens with zero attached hydrogens (tertiary/aromatic N) is 2. The summed E-state index contributed by atoms with van der Waals surface area (Å²) >= 11 is 0. The summed E-state index contributed by atoms with van der Waals surface area (Å²) in [5, 5.41) is 0. The normalized spacial score (nSPS) is 11.2. The lowest BCUT2D eigenvalue weighted by Crippen LogP contribution is -1.93. The van der Waals surface area contributed by atoms with Gasteiger partial charge in [-0.2, -0.15) is 0 Å². The third-order valence-corrected chi connectivity index (χ3v) is 1.43. The van der Waals surface area contributed by atoms with E-state index in [4.69, 9.17) is 0 Å². The van der Waals surface area contributed by atoms with Crippen LogP contribution in [0.15, 0.2) is 29.4 Å². The molecule has 64 valence electrons. The fourth-order valence-corrected chi connectivity index (χ4v) is 0.876. The molecule has 12 heavy (non-hydrogen) atoms. The van der Waals surface area contributed by atoms with E-state index in [1.165, 1.54) is 0 Å². The smallest absolute Gasteiger partial charge is 0.0456 e. The lowest BCUT2D eigenvalue weighted by atomic mass is 10.3. The highest BCUT2D eigenvalue weighted by Crippen LogP contribution is 1.93. The molecule has 0 aliphatic rings. The average molecular weight is 162 g/mol. The Labute approximate surface area is 73.4 Å². The number of hydrogen-bond donors (Lipinski definition) is 0. The quantitative estimate of drug-likeness (QED) is 0.625. The maximum Gasteiger partial charge on any atom is 0.0456 e. The van der Waals surface area contributed by atoms with E-state index in [0.29, 0.717) is 6.04 Å². The van der Waals surface area contributed by atoms with Crippen LogP contribution in [-0.4, -0.2) is 17.2 Å². The maximum absolute atomic E-state index is 4.25. The van der Waals surface area contributed by atoms with Gasteiger partial charge in [0.25, 0.3) is 0 Å². The van der Waals surface area contributed by atoms with Gasteiger partial charge in [0.15, 0.2) is 0 Å². The van der Waals surface area contributed by atoms with Gasteiger partial charge in [-0.3, -0.25) is 9.98 Å². The molecule has 1 heterocycles. The van der Waals surface area contributed by atoms with Gasteiger partial charge >= 0.3 is 0 Å². The van der Waals surface area contributed by atoms with E-state index in [0.717, 1.165) is 12.1 Å². The van der Waals surface area contributed by atoms with E-state index in [9.17, 15) is 0 Å². The summed E-state index contributed by atoms with van der Waals surface area (Å²) in [5.41, 5.74) is 1.07. The Bertz CT molecular complexity index is 239. The predicted molar refractivity (Wildman–Crippen MR) is 51.6 cm³/mol. The minimum absolute atomic E-state index is 0.383. The molecular formula is C10H14N2. The van der Waals surface area contributed by atoms with E-state index in [1.54, 1.807) is 6.20 Å². The molecular weight excluding hydrogens is 148 g/mol. The Morgan fingerprint density at radius 1 is 1.50 bits per heavy atom. The van der Waals surface area contributed by atoms with Crippen LogP contribution in [0.4, 0.5) is 0 Å². The second kappa shape index (κ2) is 4.65. The third kappa shape index (κ3) is 3.28. The molecule has 2 heteroatoms. The molecule has 0 amide bonds. The van der Waals surface area contributed by atoms with Crippen molar-refractivity contribution in [2.24, 2.45) is 4.99 Å². The summed E-state index contributed by atoms with van der Waals surface area (Å²) in [4.78, 5) is 8.44. The first kappa shape index (κ1) is 8.91. The van der Waals surface area contributed by atoms with Crippen molar-refractivity contribution < 1.29 is 0 Å². The molecule has 0 spiro atoms. The summed E-state index contributed by atoms with van der Waals surface area (Å²) in [6, 6.07) is 6.30. The monoisotopic (exact) mass is 162 g/mol. The average Bonchev–Trinajstić information content (AvgIpc) is 2.05. The highest BCUT2D eigenvalue weighted by Gasteiger charge is 1.88. The van der Waals surface area contributed by atoms with Crippen molar-refractivity contribution in [2.75, 3.05) is 0 Å². The molecule has 0 saturated carbocycles. The number of aromatic nitrogens is 1. The predicted octanol–water partition coefficient (Wildman–Crippen LogP) is 2.10. The SMILES string of the molecule is CC(C)N=CCc1ccccn1. The van der Waals surface area contributed by atoms with Gasteiger partial charge in [0, 0.05) is 30.6 Å². The molecule has 0 N–H and O–H groups in total. The fraction of sp³-hybridized carbons (Fsp3) is 0.400. The van der Waals surface area contributed by atoms with Crippen molar-refractivity contribution in [1.82, 2.24) is 4.98 Å². The van der Waals surface area contributed by atoms with Crippen molar-refractivity contribution in [3.63, 3.8) is 0 Å². The van der Waals surface area contributed by atoms with Gasteiger partial charge in [0.2, 0.25) is 0 Å². The number of pyridine rings is 1. The maximum atomic E-state index is 4.25. The van der Waals surface area contributed by atoms with Crippen LogP contribution in [0.3, 0.4) is 0 Å². The number of hydrogen-bond acceptors (Lipinski definition) is 2. The Balaban J connectivity index is 2.43. The fourth-order valence-electron chi connectivity index (χ4n) is 0.876. The molecule has 1 aromatic rings. The van der Waals surface area contributed by atoms with E-state index >= 15 is 0 Å². The van der Waals surface area contributed by atoms with Gasteiger partial charge < -0.3 is 0 Å². The highest BCUT2D eigenvalue weighted by molar-refractivity contribution is 5.60. The standard InChI is InChI=1S/C10H14N2/c1-9(2)11-8-6-10-5-3-4-7-12-10/h3-5,7-9H,6H2,1-2H3. The van der Waals surface area contributed by atoms with Crippen molar-refractivity contribution in [1.29, 1.82) is 0 Å². The summed E-state index contributed by atoms with van der Waals surface area (Å²) in [6.45, 7) is 4.13. The largest absolute Gasteiger partial charge is 0.294 e. The van der Waals surface area contributed by atoms with Crippen LogP contribution in [0.2, 0.25) is 0 Å². The second-order valence-electron chi connectivity index (χ2n) is 2.95. The van der Waals surface area contributed by atoms with Gasteiger partial charge in [-0.1, -0.05) is 6.07 Å². The van der Waals surface area contributed by atoms with Gasteiger partial charge in [-0.25, -0.2) is 0 Å². The van der Waals surface area contributed by atoms with Crippen LogP contribution < -0.4 is 0 Å². The first-order valence-electron chi connectivity index (χ1n) is 4.20. The van der Waals surface area contributed by atoms with Crippen molar-refractivity contribution in [3.05, 3.63) is 30.1 Å². The molecule has 0 radical (unpaired) electrons. The summed E-state index contributed by atoms with van der Waals surface area (Å²) in [5.74, 6) is 0. The van der Waals surface area contributed by atoms with Crippen LogP contribution in [0.5, 0.6) is 0 Å². The molecule has 2 nitrogen and oxygen atoms in total. The third-order valence-electron chi connectivity index (χ3n) is 1.43. The Morgan fingerprint density at radius 3 is 2.92 bits per heavy atom. The van der Waals surface area contributed by atoms with Crippen LogP contribution >= 0.6 is 0 Å². The highest BCUT2D eigenvalue weighted by atomic mass is 14.7. The van der Waals surface area contributed by atoms with E-state index < -0.39 is 0 Å². The molecule has 0 fully saturated rings. The van der Waals surface area contributed by atoms with E-state index in [1.807, 2.05) is 24.4 Å². The van der Waals surface area contributed by atoms with Crippen molar-refractivity contribution in [2.45, 2.75) is 26.3 Å². The molecule has 1 aromatic heterocycles. The van der Waals surface area contributed by atoms with Gasteiger partial charge in [0.05, 0.1) is 0 Å². The molecule has 0 bridgehead atoms. The zero-order chi connectivity index (χ0) is 8.81. The summed E-state index contributed by atoms with van der Waals surface area (Å²) in [7, 11) is 0. The first-order valence-corrected chi connectivity index (χ1v) is 4.20. The van der Waals surface area contributed by atoms with Crippen LogP contribution in [0, 0.1) is 0 Å². The van der Waals surface area contributed by atoms with Crippen LogP contribution in [-0.2, 0) is 6.42 Å². The minimum atomic E-state index is 0.383. The molecule has 0 saturated heterocycles. The van der Waals surface area contributed by atoms with Gasteiger partial charge in [-0.05, 0) is 26.0 Å². The zero-order valence-electron chi connectivity index (χ0n) is 7.57. The molecule has 0 aliphatic carbocycles. The summed E-state index contributed by atoms with van der Waals surface area (Å²) in [6.07, 6.45) is 4.56. The molecule has 1 rings (SSSR count). The molecule has 0 aliphatic heterocycles. The molecule has 0 aromatic carbocycles. The lowest BCUT2D eigenvalue weighted by molar-refractivity contribution is 0.837. The second-order valence-corrected chi connectivity index (χ2v) is 2.95. The Hall–Kier alpha value is -1.18. The molecule has 0 atom stereocenters. The minimum Gasteiger partial charge on any atom is -0.294 e. The van der Waals surface area contributed by atoms with Crippen LogP contribution in [0.25, 0.3) is 0 Å². The zero-order valence-corrected chi connectivity index (χ0v) is 7.57. The van der Waals surface area contributed by atoms with E-state index in [2.05, 4.69) is 23.8 Å². The van der Waals surface area contributed by atoms with Gasteiger partial charge in [-0.15, -0.1) is 0 Å². The molecule has 0 unspecified atom stereocenters. The van der Waals surface area contributed by atoms with Crippen LogP contribution in [0.1, 0.15) is 19.5 Å². The number of aliphatic imine (C=N–C) groups is 1. The van der Waals surface area contributed by atoms with Crippen molar-refractivity contribution >= 4 is 6.21 Å². The summed E-state index contributed by atoms with van der Waals surface area (Å²) < 4.78 is 0. The topological polar surface area (TPSA) is 25.2 Å². The van der Waals surface area contributed by atoms with E-state index in [-0.39, 0.29) is 0 Å². The van der Waals surface area contributed by atoms with Crippen molar-refractivity contribution in [3.8, 4) is 0 Å². The Morgan fingerprint density at radius 2 is 2.33 bits per heavy atom. The Kier molecular flexibility index (Phi) is 3.45. The first-order chi connectivity index (χ1) is 5.79. The lowest BCUT2D eigenvalue weighted by Gasteiger charge is -1.95.